The molecule has 0 bridgehead atoms. The van der Waals surface area contributed by atoms with Crippen LogP contribution in [0.25, 0.3) is 0 Å². The molecule has 6 heteroatoms. The van der Waals surface area contributed by atoms with E-state index in [-0.39, 0.29) is 17.7 Å². The smallest absolute Gasteiger partial charge is 0.220 e. The van der Waals surface area contributed by atoms with Gasteiger partial charge in [-0.1, -0.05) is 17.3 Å². The standard InChI is InChI=1S/C16H17FN4O/c1-9-15-13(20-16(18)19-9)7-11(8-14(15)21-22-2)10-3-5-12(17)6-4-10/h3-6,11H,7-8H2,1-2H3,(H2,18,19,20)/b21-14+. The second-order valence-electron chi connectivity index (χ2n) is 5.37. The molecule has 2 aromatic rings. The summed E-state index contributed by atoms with van der Waals surface area (Å²) in [4.78, 5) is 13.5. The molecule has 1 heterocycles. The number of rotatable bonds is 2. The van der Waals surface area contributed by atoms with Crippen LogP contribution in [0.15, 0.2) is 29.4 Å². The summed E-state index contributed by atoms with van der Waals surface area (Å²) in [6.45, 7) is 1.89. The van der Waals surface area contributed by atoms with E-state index in [2.05, 4.69) is 15.1 Å². The van der Waals surface area contributed by atoms with Crippen molar-refractivity contribution >= 4 is 11.7 Å². The Morgan fingerprint density at radius 1 is 1.23 bits per heavy atom. The number of oxime groups is 1. The van der Waals surface area contributed by atoms with E-state index in [9.17, 15) is 4.39 Å². The van der Waals surface area contributed by atoms with E-state index in [4.69, 9.17) is 10.6 Å². The molecule has 0 saturated heterocycles. The number of aryl methyl sites for hydroxylation is 1. The van der Waals surface area contributed by atoms with Gasteiger partial charge in [-0.15, -0.1) is 0 Å². The molecule has 0 saturated carbocycles. The minimum atomic E-state index is -0.242. The quantitative estimate of drug-likeness (QED) is 0.865. The van der Waals surface area contributed by atoms with Crippen molar-refractivity contribution in [2.24, 2.45) is 5.16 Å². The highest BCUT2D eigenvalue weighted by atomic mass is 19.1. The number of aromatic nitrogens is 2. The zero-order valence-electron chi connectivity index (χ0n) is 12.5. The van der Waals surface area contributed by atoms with Gasteiger partial charge < -0.3 is 10.6 Å². The number of fused-ring (bicyclic) bond motifs is 1. The molecule has 5 nitrogen and oxygen atoms in total. The average Bonchev–Trinajstić information content (AvgIpc) is 2.47. The van der Waals surface area contributed by atoms with Crippen LogP contribution in [0.3, 0.4) is 0 Å². The predicted molar refractivity (Wildman–Crippen MR) is 82.2 cm³/mol. The fourth-order valence-corrected chi connectivity index (χ4v) is 2.98. The van der Waals surface area contributed by atoms with E-state index in [1.54, 1.807) is 12.1 Å². The topological polar surface area (TPSA) is 73.4 Å². The maximum Gasteiger partial charge on any atom is 0.220 e. The van der Waals surface area contributed by atoms with Gasteiger partial charge in [-0.2, -0.15) is 0 Å². The molecule has 2 N–H and O–H groups in total. The molecule has 22 heavy (non-hydrogen) atoms. The molecule has 0 spiro atoms. The average molecular weight is 300 g/mol. The Hall–Kier alpha value is -2.50. The maximum atomic E-state index is 13.1. The number of hydrogen-bond donors (Lipinski definition) is 1. The Bertz CT molecular complexity index is 728. The summed E-state index contributed by atoms with van der Waals surface area (Å²) < 4.78 is 13.1. The third-order valence-corrected chi connectivity index (χ3v) is 3.89. The first-order chi connectivity index (χ1) is 10.6. The van der Waals surface area contributed by atoms with Crippen LogP contribution in [0.2, 0.25) is 0 Å². The number of nitrogens with zero attached hydrogens (tertiary/aromatic N) is 3. The van der Waals surface area contributed by atoms with Gasteiger partial charge in [0, 0.05) is 12.0 Å². The molecule has 1 aliphatic rings. The first-order valence-electron chi connectivity index (χ1n) is 7.07. The minimum absolute atomic E-state index is 0.163. The molecule has 1 atom stereocenters. The van der Waals surface area contributed by atoms with E-state index in [1.807, 2.05) is 6.92 Å². The molecule has 0 radical (unpaired) electrons. The zero-order chi connectivity index (χ0) is 15.7. The first kappa shape index (κ1) is 14.4. The lowest BCUT2D eigenvalue weighted by Gasteiger charge is -2.26. The van der Waals surface area contributed by atoms with Gasteiger partial charge in [-0.3, -0.25) is 0 Å². The number of nitrogen functional groups attached to an aromatic ring is 1. The number of nitrogens with two attached hydrogens (primary N) is 1. The van der Waals surface area contributed by atoms with Crippen LogP contribution in [0.4, 0.5) is 10.3 Å². The third kappa shape index (κ3) is 2.64. The van der Waals surface area contributed by atoms with Crippen molar-refractivity contribution < 1.29 is 9.23 Å². The van der Waals surface area contributed by atoms with Crippen LogP contribution in [-0.4, -0.2) is 22.8 Å². The van der Waals surface area contributed by atoms with Crippen LogP contribution >= 0.6 is 0 Å². The monoisotopic (exact) mass is 300 g/mol. The van der Waals surface area contributed by atoms with Crippen molar-refractivity contribution in [3.63, 3.8) is 0 Å². The zero-order valence-corrected chi connectivity index (χ0v) is 12.5. The Balaban J connectivity index is 2.05. The first-order valence-corrected chi connectivity index (χ1v) is 7.07. The lowest BCUT2D eigenvalue weighted by molar-refractivity contribution is 0.212. The van der Waals surface area contributed by atoms with Crippen molar-refractivity contribution in [3.05, 3.63) is 52.6 Å². The van der Waals surface area contributed by atoms with Crippen molar-refractivity contribution in [1.29, 1.82) is 0 Å². The van der Waals surface area contributed by atoms with Gasteiger partial charge >= 0.3 is 0 Å². The fraction of sp³-hybridized carbons (Fsp3) is 0.312. The van der Waals surface area contributed by atoms with Gasteiger partial charge in [0.25, 0.3) is 0 Å². The molecular weight excluding hydrogens is 283 g/mol. The summed E-state index contributed by atoms with van der Waals surface area (Å²) in [5, 5.41) is 4.13. The summed E-state index contributed by atoms with van der Waals surface area (Å²) in [7, 11) is 1.52. The molecule has 1 aromatic heterocycles. The fourth-order valence-electron chi connectivity index (χ4n) is 2.98. The maximum absolute atomic E-state index is 13.1. The molecule has 1 aromatic carbocycles. The minimum Gasteiger partial charge on any atom is -0.399 e. The van der Waals surface area contributed by atoms with Crippen LogP contribution in [0.1, 0.15) is 34.9 Å². The summed E-state index contributed by atoms with van der Waals surface area (Å²) in [5.74, 6) is 0.177. The SMILES string of the molecule is CO/N=C1\CC(c2ccc(F)cc2)Cc2nc(N)nc(C)c21. The third-order valence-electron chi connectivity index (χ3n) is 3.89. The number of hydrogen-bond acceptors (Lipinski definition) is 5. The summed E-state index contributed by atoms with van der Waals surface area (Å²) >= 11 is 0. The second-order valence-corrected chi connectivity index (χ2v) is 5.37. The van der Waals surface area contributed by atoms with E-state index < -0.39 is 0 Å². The van der Waals surface area contributed by atoms with Crippen LogP contribution in [0, 0.1) is 12.7 Å². The van der Waals surface area contributed by atoms with E-state index in [0.717, 1.165) is 34.6 Å². The molecule has 1 aliphatic carbocycles. The largest absolute Gasteiger partial charge is 0.399 e. The summed E-state index contributed by atoms with van der Waals surface area (Å²) in [6, 6.07) is 6.54. The Morgan fingerprint density at radius 2 is 1.95 bits per heavy atom. The Morgan fingerprint density at radius 3 is 2.64 bits per heavy atom. The molecule has 0 amide bonds. The summed E-state index contributed by atoms with van der Waals surface area (Å²) in [6.07, 6.45) is 1.41. The molecule has 3 rings (SSSR count). The highest BCUT2D eigenvalue weighted by Crippen LogP contribution is 2.33. The van der Waals surface area contributed by atoms with Crippen molar-refractivity contribution in [1.82, 2.24) is 9.97 Å². The lowest BCUT2D eigenvalue weighted by atomic mass is 9.81. The molecule has 0 aliphatic heterocycles. The molecule has 114 valence electrons. The van der Waals surface area contributed by atoms with Crippen LogP contribution < -0.4 is 5.73 Å². The van der Waals surface area contributed by atoms with Gasteiger partial charge in [0.05, 0.1) is 17.1 Å². The highest BCUT2D eigenvalue weighted by Gasteiger charge is 2.29. The van der Waals surface area contributed by atoms with Gasteiger partial charge in [-0.25, -0.2) is 14.4 Å². The number of anilines is 1. The summed E-state index contributed by atoms with van der Waals surface area (Å²) in [5.41, 5.74) is 10.2. The molecule has 0 fully saturated rings. The molecule has 1 unspecified atom stereocenters. The lowest BCUT2D eigenvalue weighted by Crippen LogP contribution is -2.23. The second kappa shape index (κ2) is 5.71. The number of benzene rings is 1. The van der Waals surface area contributed by atoms with E-state index in [0.29, 0.717) is 6.42 Å². The Kier molecular flexibility index (Phi) is 3.75. The van der Waals surface area contributed by atoms with Gasteiger partial charge in [0.15, 0.2) is 0 Å². The van der Waals surface area contributed by atoms with Gasteiger partial charge in [0.2, 0.25) is 5.95 Å². The van der Waals surface area contributed by atoms with Gasteiger partial charge in [-0.05, 0) is 37.0 Å². The number of halogens is 1. The Labute approximate surface area is 128 Å². The van der Waals surface area contributed by atoms with Crippen molar-refractivity contribution in [2.45, 2.75) is 25.7 Å². The van der Waals surface area contributed by atoms with Crippen molar-refractivity contribution in [3.8, 4) is 0 Å². The van der Waals surface area contributed by atoms with Crippen LogP contribution in [0.5, 0.6) is 0 Å². The van der Waals surface area contributed by atoms with E-state index in [1.165, 1.54) is 19.2 Å². The highest BCUT2D eigenvalue weighted by molar-refractivity contribution is 6.03. The predicted octanol–water partition coefficient (Wildman–Crippen LogP) is 2.59. The normalized spacial score (nSPS) is 19.0. The van der Waals surface area contributed by atoms with Crippen LogP contribution in [-0.2, 0) is 11.3 Å². The molecular formula is C16H17FN4O. The van der Waals surface area contributed by atoms with E-state index >= 15 is 0 Å². The van der Waals surface area contributed by atoms with Gasteiger partial charge in [0.1, 0.15) is 12.9 Å². The van der Waals surface area contributed by atoms with Crippen molar-refractivity contribution in [2.75, 3.05) is 12.8 Å².